The molecule has 0 saturated heterocycles. The topological polar surface area (TPSA) is 98.5 Å². The van der Waals surface area contributed by atoms with Gasteiger partial charge in [0.25, 0.3) is 11.6 Å². The van der Waals surface area contributed by atoms with Gasteiger partial charge in [-0.2, -0.15) is 0 Å². The number of nitrogens with zero attached hydrogens (tertiary/aromatic N) is 1. The van der Waals surface area contributed by atoms with Gasteiger partial charge in [-0.15, -0.1) is 0 Å². The summed E-state index contributed by atoms with van der Waals surface area (Å²) in [6.45, 7) is 2.52. The molecule has 0 spiro atoms. The number of halogens is 1. The third-order valence-electron chi connectivity index (χ3n) is 3.45. The quantitative estimate of drug-likeness (QED) is 0.509. The molecule has 0 aliphatic carbocycles. The molecule has 2 rings (SSSR count). The minimum atomic E-state index is -0.985. The van der Waals surface area contributed by atoms with Crippen LogP contribution in [0.5, 0.6) is 0 Å². The Morgan fingerprint density at radius 2 is 1.92 bits per heavy atom. The van der Waals surface area contributed by atoms with E-state index in [1.54, 1.807) is 6.92 Å². The average Bonchev–Trinajstić information content (AvgIpc) is 2.55. The number of esters is 1. The lowest BCUT2D eigenvalue weighted by Gasteiger charge is -2.09. The highest BCUT2D eigenvalue weighted by molar-refractivity contribution is 5.98. The van der Waals surface area contributed by atoms with Gasteiger partial charge in [0, 0.05) is 11.3 Å². The monoisotopic (exact) mass is 346 g/mol. The van der Waals surface area contributed by atoms with Crippen molar-refractivity contribution < 1.29 is 23.6 Å². The second-order valence-electron chi connectivity index (χ2n) is 5.31. The Morgan fingerprint density at radius 3 is 2.60 bits per heavy atom. The smallest absolute Gasteiger partial charge is 0.345 e. The van der Waals surface area contributed by atoms with Crippen LogP contribution in [0.15, 0.2) is 36.4 Å². The fourth-order valence-electron chi connectivity index (χ4n) is 2.19. The van der Waals surface area contributed by atoms with Crippen molar-refractivity contribution in [3.8, 4) is 0 Å². The summed E-state index contributed by atoms with van der Waals surface area (Å²) in [6, 6.07) is 8.11. The maximum absolute atomic E-state index is 13.2. The molecule has 0 fully saturated rings. The maximum Gasteiger partial charge on any atom is 0.345 e. The number of amides is 1. The molecule has 2 aromatic carbocycles. The summed E-state index contributed by atoms with van der Waals surface area (Å²) in [5.41, 5.74) is 0.589. The number of rotatable bonds is 5. The Morgan fingerprint density at radius 1 is 1.20 bits per heavy atom. The summed E-state index contributed by atoms with van der Waals surface area (Å²) < 4.78 is 18.0. The fourth-order valence-corrected chi connectivity index (χ4v) is 2.19. The van der Waals surface area contributed by atoms with Crippen LogP contribution in [0.4, 0.5) is 15.8 Å². The second-order valence-corrected chi connectivity index (χ2v) is 5.31. The third-order valence-corrected chi connectivity index (χ3v) is 3.45. The molecule has 0 unspecified atom stereocenters. The zero-order valence-electron chi connectivity index (χ0n) is 13.5. The first-order valence-corrected chi connectivity index (χ1v) is 7.26. The number of aryl methyl sites for hydroxylation is 2. The first-order valence-electron chi connectivity index (χ1n) is 7.26. The number of nitro groups is 1. The van der Waals surface area contributed by atoms with E-state index in [2.05, 4.69) is 5.32 Å². The normalized spacial score (nSPS) is 10.2. The van der Waals surface area contributed by atoms with Gasteiger partial charge >= 0.3 is 5.97 Å². The Kier molecular flexibility index (Phi) is 5.43. The molecule has 0 radical (unpaired) electrons. The molecular formula is C17H15FN2O5. The molecule has 1 amide bonds. The van der Waals surface area contributed by atoms with Gasteiger partial charge in [-0.05, 0) is 37.6 Å². The van der Waals surface area contributed by atoms with E-state index in [-0.39, 0.29) is 16.9 Å². The molecule has 1 N–H and O–H groups in total. The molecule has 0 heterocycles. The molecule has 7 nitrogen and oxygen atoms in total. The van der Waals surface area contributed by atoms with Gasteiger partial charge in [-0.3, -0.25) is 14.9 Å². The predicted molar refractivity (Wildman–Crippen MR) is 87.9 cm³/mol. The van der Waals surface area contributed by atoms with Crippen molar-refractivity contribution in [1.82, 2.24) is 0 Å². The Hall–Kier alpha value is -3.29. The molecular weight excluding hydrogens is 331 g/mol. The number of hydrogen-bond acceptors (Lipinski definition) is 5. The number of anilines is 1. The summed E-state index contributed by atoms with van der Waals surface area (Å²) in [7, 11) is 0. The highest BCUT2D eigenvalue weighted by atomic mass is 19.1. The Balaban J connectivity index is 2.05. The number of nitrogens with one attached hydrogen (secondary N) is 1. The molecule has 0 aliphatic heterocycles. The average molecular weight is 346 g/mol. The zero-order chi connectivity index (χ0) is 18.6. The Bertz CT molecular complexity index is 851. The van der Waals surface area contributed by atoms with Crippen LogP contribution >= 0.6 is 0 Å². The van der Waals surface area contributed by atoms with Crippen LogP contribution in [0.3, 0.4) is 0 Å². The van der Waals surface area contributed by atoms with Gasteiger partial charge in [0.2, 0.25) is 0 Å². The minimum absolute atomic E-state index is 0.236. The fraction of sp³-hybridized carbons (Fsp3) is 0.176. The molecule has 25 heavy (non-hydrogen) atoms. The van der Waals surface area contributed by atoms with Crippen molar-refractivity contribution in [1.29, 1.82) is 0 Å². The molecule has 0 saturated carbocycles. The standard InChI is InChI=1S/C17H15FN2O5/c1-10-6-7-12(18)8-14(10)19-15(21)9-25-17(22)13-5-3-4-11(2)16(13)20(23)24/h3-8H,9H2,1-2H3,(H,19,21). The number of ether oxygens (including phenoxy) is 1. The highest BCUT2D eigenvalue weighted by Crippen LogP contribution is 2.23. The lowest BCUT2D eigenvalue weighted by Crippen LogP contribution is -2.22. The molecule has 130 valence electrons. The summed E-state index contributed by atoms with van der Waals surface area (Å²) in [6.07, 6.45) is 0. The number of para-hydroxylation sites is 1. The van der Waals surface area contributed by atoms with Crippen LogP contribution in [0.25, 0.3) is 0 Å². The minimum Gasteiger partial charge on any atom is -0.452 e. The lowest BCUT2D eigenvalue weighted by molar-refractivity contribution is -0.385. The van der Waals surface area contributed by atoms with Gasteiger partial charge < -0.3 is 10.1 Å². The number of carbonyl (C=O) groups is 2. The number of nitro benzene ring substituents is 1. The SMILES string of the molecule is Cc1ccc(F)cc1NC(=O)COC(=O)c1cccc(C)c1[N+](=O)[O-]. The lowest BCUT2D eigenvalue weighted by atomic mass is 10.1. The van der Waals surface area contributed by atoms with Crippen LogP contribution in [0, 0.1) is 29.8 Å². The number of hydrogen-bond donors (Lipinski definition) is 1. The van der Waals surface area contributed by atoms with Crippen molar-refractivity contribution in [3.63, 3.8) is 0 Å². The van der Waals surface area contributed by atoms with Crippen molar-refractivity contribution >= 4 is 23.3 Å². The van der Waals surface area contributed by atoms with E-state index < -0.39 is 29.2 Å². The van der Waals surface area contributed by atoms with Crippen molar-refractivity contribution in [3.05, 3.63) is 69.0 Å². The number of benzene rings is 2. The number of carbonyl (C=O) groups excluding carboxylic acids is 2. The van der Waals surface area contributed by atoms with Crippen LogP contribution in [0.2, 0.25) is 0 Å². The van der Waals surface area contributed by atoms with E-state index in [4.69, 9.17) is 4.74 Å². The van der Waals surface area contributed by atoms with Gasteiger partial charge in [0.15, 0.2) is 6.61 Å². The van der Waals surface area contributed by atoms with Gasteiger partial charge in [-0.25, -0.2) is 9.18 Å². The molecule has 0 aromatic heterocycles. The first-order chi connectivity index (χ1) is 11.8. The molecule has 2 aromatic rings. The summed E-state index contributed by atoms with van der Waals surface area (Å²) >= 11 is 0. The van der Waals surface area contributed by atoms with Crippen LogP contribution < -0.4 is 5.32 Å². The molecule has 0 atom stereocenters. The second kappa shape index (κ2) is 7.52. The molecule has 0 bridgehead atoms. The van der Waals surface area contributed by atoms with Crippen LogP contribution in [-0.2, 0) is 9.53 Å². The van der Waals surface area contributed by atoms with Crippen molar-refractivity contribution in [2.75, 3.05) is 11.9 Å². The predicted octanol–water partition coefficient (Wildman–Crippen LogP) is 3.15. The van der Waals surface area contributed by atoms with Gasteiger partial charge in [0.1, 0.15) is 11.4 Å². The Labute approximate surface area is 142 Å². The van der Waals surface area contributed by atoms with Gasteiger partial charge in [-0.1, -0.05) is 18.2 Å². The summed E-state index contributed by atoms with van der Waals surface area (Å²) in [5, 5.41) is 13.5. The van der Waals surface area contributed by atoms with E-state index in [0.29, 0.717) is 11.1 Å². The van der Waals surface area contributed by atoms with E-state index in [9.17, 15) is 24.1 Å². The van der Waals surface area contributed by atoms with E-state index >= 15 is 0 Å². The maximum atomic E-state index is 13.2. The third kappa shape index (κ3) is 4.37. The van der Waals surface area contributed by atoms with E-state index in [1.165, 1.54) is 37.3 Å². The zero-order valence-corrected chi connectivity index (χ0v) is 13.5. The molecule has 8 heteroatoms. The van der Waals surface area contributed by atoms with E-state index in [0.717, 1.165) is 6.07 Å². The summed E-state index contributed by atoms with van der Waals surface area (Å²) in [4.78, 5) is 34.3. The first kappa shape index (κ1) is 18.1. The highest BCUT2D eigenvalue weighted by Gasteiger charge is 2.24. The molecule has 0 aliphatic rings. The van der Waals surface area contributed by atoms with Crippen LogP contribution in [-0.4, -0.2) is 23.4 Å². The van der Waals surface area contributed by atoms with Gasteiger partial charge in [0.05, 0.1) is 4.92 Å². The van der Waals surface area contributed by atoms with Crippen molar-refractivity contribution in [2.45, 2.75) is 13.8 Å². The largest absolute Gasteiger partial charge is 0.452 e. The van der Waals surface area contributed by atoms with E-state index in [1.807, 2.05) is 0 Å². The van der Waals surface area contributed by atoms with Crippen LogP contribution in [0.1, 0.15) is 21.5 Å². The summed E-state index contributed by atoms with van der Waals surface area (Å²) in [5.74, 6) is -2.19. The van der Waals surface area contributed by atoms with Crippen molar-refractivity contribution in [2.24, 2.45) is 0 Å².